The average Bonchev–Trinajstić information content (AvgIpc) is 2.94. The van der Waals surface area contributed by atoms with Gasteiger partial charge in [0.25, 0.3) is 0 Å². The van der Waals surface area contributed by atoms with Crippen molar-refractivity contribution in [3.8, 4) is 0 Å². The maximum absolute atomic E-state index is 12.9. The Hall–Kier alpha value is -0.630. The first-order chi connectivity index (χ1) is 9.41. The van der Waals surface area contributed by atoms with Gasteiger partial charge in [0.15, 0.2) is 0 Å². The summed E-state index contributed by atoms with van der Waals surface area (Å²) in [6, 6.07) is 0.498. The molecule has 3 heterocycles. The van der Waals surface area contributed by atoms with Crippen molar-refractivity contribution in [1.29, 1.82) is 0 Å². The van der Waals surface area contributed by atoms with E-state index < -0.39 is 10.0 Å². The van der Waals surface area contributed by atoms with Crippen molar-refractivity contribution in [3.63, 3.8) is 0 Å². The van der Waals surface area contributed by atoms with E-state index in [0.717, 1.165) is 19.4 Å². The third-order valence-corrected chi connectivity index (χ3v) is 6.78. The van der Waals surface area contributed by atoms with Crippen molar-refractivity contribution < 1.29 is 8.42 Å². The molecule has 8 heteroatoms. The number of hydrogen-bond acceptors (Lipinski definition) is 4. The lowest BCUT2D eigenvalue weighted by atomic mass is 9.95. The molecule has 0 amide bonds. The van der Waals surface area contributed by atoms with Gasteiger partial charge >= 0.3 is 0 Å². The topological polar surface area (TPSA) is 67.2 Å². The largest absolute Gasteiger partial charge is 0.314 e. The van der Waals surface area contributed by atoms with Crippen molar-refractivity contribution in [2.75, 3.05) is 19.6 Å². The summed E-state index contributed by atoms with van der Waals surface area (Å²) in [6.45, 7) is 5.83. The second-order valence-corrected chi connectivity index (χ2v) is 7.76. The highest BCUT2D eigenvalue weighted by molar-refractivity contribution is 7.89. The van der Waals surface area contributed by atoms with Crippen LogP contribution in [0.25, 0.3) is 0 Å². The van der Waals surface area contributed by atoms with E-state index in [9.17, 15) is 8.42 Å². The predicted octanol–water partition coefficient (Wildman–Crippen LogP) is 0.831. The van der Waals surface area contributed by atoms with Gasteiger partial charge in [-0.1, -0.05) is 0 Å². The highest BCUT2D eigenvalue weighted by atomic mass is 35.5. The van der Waals surface area contributed by atoms with Gasteiger partial charge in [-0.3, -0.25) is 4.68 Å². The maximum atomic E-state index is 12.9. The standard InChI is InChI=1S/C13H22N4O2S.ClH/c1-9-13(10(2)16(3)15-9)20(18,19)17-7-5-12-11(8-17)4-6-14-12;/h11-12,14H,4-8H2,1-3H3;1H. The van der Waals surface area contributed by atoms with Gasteiger partial charge in [0, 0.05) is 26.2 Å². The molecule has 0 saturated carbocycles. The SMILES string of the molecule is Cc1nn(C)c(C)c1S(=O)(=O)N1CCC2NCCC2C1.Cl. The Morgan fingerprint density at radius 2 is 2.00 bits per heavy atom. The van der Waals surface area contributed by atoms with Gasteiger partial charge < -0.3 is 5.32 Å². The third-order valence-electron chi connectivity index (χ3n) is 4.66. The van der Waals surface area contributed by atoms with Crippen LogP contribution in [-0.4, -0.2) is 48.2 Å². The lowest BCUT2D eigenvalue weighted by Crippen LogP contribution is -2.46. The molecule has 2 aliphatic rings. The van der Waals surface area contributed by atoms with Gasteiger partial charge in [-0.05, 0) is 39.2 Å². The van der Waals surface area contributed by atoms with Crippen molar-refractivity contribution in [2.24, 2.45) is 13.0 Å². The van der Waals surface area contributed by atoms with Gasteiger partial charge in [-0.2, -0.15) is 9.40 Å². The molecule has 21 heavy (non-hydrogen) atoms. The van der Waals surface area contributed by atoms with Crippen LogP contribution < -0.4 is 5.32 Å². The smallest absolute Gasteiger partial charge is 0.246 e. The summed E-state index contributed by atoms with van der Waals surface area (Å²) >= 11 is 0. The molecular formula is C13H23ClN4O2S. The molecule has 0 spiro atoms. The molecule has 1 aromatic rings. The molecule has 2 atom stereocenters. The fraction of sp³-hybridized carbons (Fsp3) is 0.769. The van der Waals surface area contributed by atoms with Crippen LogP contribution in [0.2, 0.25) is 0 Å². The van der Waals surface area contributed by atoms with E-state index in [1.807, 2.05) is 6.92 Å². The zero-order valence-corrected chi connectivity index (χ0v) is 14.3. The molecule has 2 saturated heterocycles. The molecule has 2 unspecified atom stereocenters. The van der Waals surface area contributed by atoms with Crippen molar-refractivity contribution in [1.82, 2.24) is 19.4 Å². The number of aromatic nitrogens is 2. The predicted molar refractivity (Wildman–Crippen MR) is 83.2 cm³/mol. The minimum atomic E-state index is -3.42. The van der Waals surface area contributed by atoms with Gasteiger partial charge in [0.1, 0.15) is 4.90 Å². The number of nitrogens with one attached hydrogen (secondary N) is 1. The summed E-state index contributed by atoms with van der Waals surface area (Å²) in [5.74, 6) is 0.454. The Balaban J connectivity index is 0.00000161. The first-order valence-corrected chi connectivity index (χ1v) is 8.59. The fourth-order valence-corrected chi connectivity index (χ4v) is 5.40. The van der Waals surface area contributed by atoms with E-state index in [2.05, 4.69) is 10.4 Å². The van der Waals surface area contributed by atoms with Crippen LogP contribution in [0, 0.1) is 19.8 Å². The van der Waals surface area contributed by atoms with Crippen LogP contribution >= 0.6 is 12.4 Å². The Bertz CT molecular complexity index is 628. The molecule has 6 nitrogen and oxygen atoms in total. The van der Waals surface area contributed by atoms with Crippen molar-refractivity contribution in [2.45, 2.75) is 37.6 Å². The van der Waals surface area contributed by atoms with Gasteiger partial charge in [0.2, 0.25) is 10.0 Å². The zero-order valence-electron chi connectivity index (χ0n) is 12.7. The zero-order chi connectivity index (χ0) is 14.5. The van der Waals surface area contributed by atoms with Gasteiger partial charge in [0.05, 0.1) is 11.4 Å². The number of hydrogen-bond donors (Lipinski definition) is 1. The van der Waals surface area contributed by atoms with Crippen molar-refractivity contribution >= 4 is 22.4 Å². The Labute approximate surface area is 132 Å². The summed E-state index contributed by atoms with van der Waals surface area (Å²) in [4.78, 5) is 0.393. The first kappa shape index (κ1) is 16.7. The molecule has 0 aromatic carbocycles. The number of rotatable bonds is 2. The Morgan fingerprint density at radius 1 is 1.29 bits per heavy atom. The van der Waals surface area contributed by atoms with Crippen LogP contribution in [0.4, 0.5) is 0 Å². The lowest BCUT2D eigenvalue weighted by Gasteiger charge is -2.34. The lowest BCUT2D eigenvalue weighted by molar-refractivity contribution is 0.247. The first-order valence-electron chi connectivity index (χ1n) is 7.15. The fourth-order valence-electron chi connectivity index (χ4n) is 3.49. The van der Waals surface area contributed by atoms with Crippen LogP contribution in [0.1, 0.15) is 24.2 Å². The number of halogens is 1. The molecule has 2 aliphatic heterocycles. The Morgan fingerprint density at radius 3 is 2.62 bits per heavy atom. The summed E-state index contributed by atoms with van der Waals surface area (Å²) in [5, 5.41) is 7.70. The minimum Gasteiger partial charge on any atom is -0.314 e. The number of piperidine rings is 1. The van der Waals surface area contributed by atoms with E-state index in [4.69, 9.17) is 0 Å². The van der Waals surface area contributed by atoms with E-state index in [1.54, 1.807) is 23.0 Å². The molecule has 1 aromatic heterocycles. The minimum absolute atomic E-state index is 0. The Kier molecular flexibility index (Phi) is 4.68. The number of aryl methyl sites for hydroxylation is 2. The van der Waals surface area contributed by atoms with Crippen LogP contribution in [-0.2, 0) is 17.1 Å². The summed E-state index contributed by atoms with van der Waals surface area (Å²) in [6.07, 6.45) is 1.98. The molecule has 0 aliphatic carbocycles. The van der Waals surface area contributed by atoms with Crippen LogP contribution in [0.5, 0.6) is 0 Å². The molecule has 3 rings (SSSR count). The summed E-state index contributed by atoms with van der Waals surface area (Å²) < 4.78 is 29.1. The van der Waals surface area contributed by atoms with E-state index >= 15 is 0 Å². The second kappa shape index (κ2) is 5.87. The van der Waals surface area contributed by atoms with E-state index in [1.165, 1.54) is 0 Å². The number of nitrogens with zero attached hydrogens (tertiary/aromatic N) is 3. The molecular weight excluding hydrogens is 312 g/mol. The number of fused-ring (bicyclic) bond motifs is 1. The molecule has 2 fully saturated rings. The number of sulfonamides is 1. The summed E-state index contributed by atoms with van der Waals surface area (Å²) in [5.41, 5.74) is 1.31. The van der Waals surface area contributed by atoms with Gasteiger partial charge in [-0.15, -0.1) is 12.4 Å². The van der Waals surface area contributed by atoms with Crippen LogP contribution in [0.15, 0.2) is 4.90 Å². The molecule has 0 bridgehead atoms. The summed E-state index contributed by atoms with van der Waals surface area (Å²) in [7, 11) is -1.63. The van der Waals surface area contributed by atoms with Crippen LogP contribution in [0.3, 0.4) is 0 Å². The maximum Gasteiger partial charge on any atom is 0.246 e. The molecule has 120 valence electrons. The monoisotopic (exact) mass is 334 g/mol. The second-order valence-electron chi connectivity index (χ2n) is 5.88. The average molecular weight is 335 g/mol. The van der Waals surface area contributed by atoms with E-state index in [-0.39, 0.29) is 12.4 Å². The highest BCUT2D eigenvalue weighted by Gasteiger charge is 2.39. The molecule has 1 N–H and O–H groups in total. The quantitative estimate of drug-likeness (QED) is 0.870. The molecule has 0 radical (unpaired) electrons. The normalized spacial score (nSPS) is 26.4. The highest BCUT2D eigenvalue weighted by Crippen LogP contribution is 2.30. The van der Waals surface area contributed by atoms with Crippen molar-refractivity contribution in [3.05, 3.63) is 11.4 Å². The van der Waals surface area contributed by atoms with Gasteiger partial charge in [-0.25, -0.2) is 8.42 Å². The van der Waals surface area contributed by atoms with E-state index in [0.29, 0.717) is 41.3 Å². The third kappa shape index (κ3) is 2.72.